The summed E-state index contributed by atoms with van der Waals surface area (Å²) in [6, 6.07) is 11.7. The van der Waals surface area contributed by atoms with Crippen LogP contribution in [0.25, 0.3) is 0 Å². The third-order valence-electron chi connectivity index (χ3n) is 4.67. The number of carbonyl (C=O) groups is 2. The van der Waals surface area contributed by atoms with E-state index in [9.17, 15) is 19.1 Å². The molecule has 4 N–H and O–H groups in total. The normalized spacial score (nSPS) is 20.2. The molecule has 0 saturated heterocycles. The topological polar surface area (TPSA) is 99.7 Å². The number of amides is 3. The van der Waals surface area contributed by atoms with Crippen LogP contribution < -0.4 is 16.0 Å². The van der Waals surface area contributed by atoms with Crippen LogP contribution in [0, 0.1) is 5.82 Å². The van der Waals surface area contributed by atoms with E-state index in [1.165, 1.54) is 18.2 Å². The first kappa shape index (κ1) is 22.7. The molecule has 0 fully saturated rings. The Kier molecular flexibility index (Phi) is 8.00. The van der Waals surface area contributed by atoms with Gasteiger partial charge in [0.25, 0.3) is 0 Å². The second-order valence-electron chi connectivity index (χ2n) is 6.99. The molecule has 2 aromatic rings. The van der Waals surface area contributed by atoms with Crippen molar-refractivity contribution in [3.8, 4) is 0 Å². The molecule has 164 valence electrons. The fourth-order valence-corrected chi connectivity index (χ4v) is 3.19. The molecule has 0 aliphatic carbocycles. The summed E-state index contributed by atoms with van der Waals surface area (Å²) >= 11 is 5.84. The van der Waals surface area contributed by atoms with Crippen LogP contribution in [-0.2, 0) is 16.1 Å². The highest BCUT2D eigenvalue weighted by molar-refractivity contribution is 6.30. The van der Waals surface area contributed by atoms with E-state index in [0.29, 0.717) is 11.6 Å². The van der Waals surface area contributed by atoms with Gasteiger partial charge >= 0.3 is 6.03 Å². The molecule has 1 aliphatic rings. The summed E-state index contributed by atoms with van der Waals surface area (Å²) in [4.78, 5) is 24.4. The molecule has 0 aromatic heterocycles. The molecule has 0 spiro atoms. The van der Waals surface area contributed by atoms with Crippen molar-refractivity contribution in [1.29, 1.82) is 0 Å². The summed E-state index contributed by atoms with van der Waals surface area (Å²) in [6.07, 6.45) is 2.08. The molecule has 3 atom stereocenters. The SMILES string of the molecule is O=C(C[C@H]1C=C[C@H](NC(=O)Nc2ccccc2F)[C@H](CO)O1)NCc1ccc(Cl)cc1. The Morgan fingerprint density at radius 2 is 1.84 bits per heavy atom. The van der Waals surface area contributed by atoms with E-state index >= 15 is 0 Å². The van der Waals surface area contributed by atoms with Crippen LogP contribution in [0.2, 0.25) is 5.02 Å². The second kappa shape index (κ2) is 10.9. The number of benzene rings is 2. The lowest BCUT2D eigenvalue weighted by Crippen LogP contribution is -2.50. The van der Waals surface area contributed by atoms with Crippen LogP contribution in [0.4, 0.5) is 14.9 Å². The molecule has 1 heterocycles. The Bertz CT molecular complexity index is 939. The summed E-state index contributed by atoms with van der Waals surface area (Å²) in [7, 11) is 0. The summed E-state index contributed by atoms with van der Waals surface area (Å²) < 4.78 is 19.4. The van der Waals surface area contributed by atoms with Gasteiger partial charge in [0, 0.05) is 11.6 Å². The summed E-state index contributed by atoms with van der Waals surface area (Å²) in [5.41, 5.74) is 0.952. The van der Waals surface area contributed by atoms with Crippen LogP contribution >= 0.6 is 11.6 Å². The molecule has 3 amide bonds. The molecule has 7 nitrogen and oxygen atoms in total. The minimum Gasteiger partial charge on any atom is -0.394 e. The van der Waals surface area contributed by atoms with E-state index < -0.39 is 30.1 Å². The van der Waals surface area contributed by atoms with Crippen LogP contribution in [0.1, 0.15) is 12.0 Å². The number of nitrogens with one attached hydrogen (secondary N) is 3. The predicted molar refractivity (Wildman–Crippen MR) is 115 cm³/mol. The number of hydrogen-bond acceptors (Lipinski definition) is 4. The van der Waals surface area contributed by atoms with Crippen molar-refractivity contribution in [2.45, 2.75) is 31.2 Å². The summed E-state index contributed by atoms with van der Waals surface area (Å²) in [6.45, 7) is -0.00581. The Morgan fingerprint density at radius 1 is 1.10 bits per heavy atom. The van der Waals surface area contributed by atoms with Gasteiger partial charge in [0.15, 0.2) is 0 Å². The van der Waals surface area contributed by atoms with Crippen molar-refractivity contribution >= 4 is 29.2 Å². The molecule has 31 heavy (non-hydrogen) atoms. The zero-order chi connectivity index (χ0) is 22.2. The van der Waals surface area contributed by atoms with Crippen molar-refractivity contribution in [2.75, 3.05) is 11.9 Å². The maximum Gasteiger partial charge on any atom is 0.319 e. The number of aliphatic hydroxyl groups excluding tert-OH is 1. The number of rotatable bonds is 7. The third-order valence-corrected chi connectivity index (χ3v) is 4.92. The van der Waals surface area contributed by atoms with E-state index in [-0.39, 0.29) is 24.6 Å². The molecule has 0 bridgehead atoms. The third kappa shape index (κ3) is 6.78. The van der Waals surface area contributed by atoms with Gasteiger partial charge in [-0.05, 0) is 29.8 Å². The van der Waals surface area contributed by atoms with E-state index in [0.717, 1.165) is 5.56 Å². The zero-order valence-corrected chi connectivity index (χ0v) is 17.3. The average Bonchev–Trinajstić information content (AvgIpc) is 2.76. The quantitative estimate of drug-likeness (QED) is 0.490. The Hall–Kier alpha value is -2.94. The highest BCUT2D eigenvalue weighted by Crippen LogP contribution is 2.17. The lowest BCUT2D eigenvalue weighted by molar-refractivity contribution is -0.125. The molecule has 0 radical (unpaired) electrons. The van der Waals surface area contributed by atoms with E-state index in [2.05, 4.69) is 16.0 Å². The van der Waals surface area contributed by atoms with Crippen molar-refractivity contribution in [3.63, 3.8) is 0 Å². The Labute approximate surface area is 184 Å². The smallest absolute Gasteiger partial charge is 0.319 e. The van der Waals surface area contributed by atoms with Gasteiger partial charge in [-0.2, -0.15) is 0 Å². The summed E-state index contributed by atoms with van der Waals surface area (Å²) in [5, 5.41) is 18.1. The first-order valence-corrected chi connectivity index (χ1v) is 10.1. The molecule has 0 saturated carbocycles. The molecule has 9 heteroatoms. The molecular weight excluding hydrogens is 425 g/mol. The lowest BCUT2D eigenvalue weighted by atomic mass is 10.0. The van der Waals surface area contributed by atoms with E-state index in [1.54, 1.807) is 30.4 Å². The van der Waals surface area contributed by atoms with E-state index in [4.69, 9.17) is 16.3 Å². The maximum atomic E-state index is 13.7. The van der Waals surface area contributed by atoms with Gasteiger partial charge in [-0.25, -0.2) is 9.18 Å². The number of hydrogen-bond donors (Lipinski definition) is 4. The highest BCUT2D eigenvalue weighted by Gasteiger charge is 2.29. The van der Waals surface area contributed by atoms with Gasteiger partial charge < -0.3 is 25.8 Å². The number of halogens is 2. The van der Waals surface area contributed by atoms with Gasteiger partial charge in [-0.15, -0.1) is 0 Å². The zero-order valence-electron chi connectivity index (χ0n) is 16.6. The van der Waals surface area contributed by atoms with Crippen molar-refractivity contribution in [1.82, 2.24) is 10.6 Å². The Balaban J connectivity index is 1.49. The number of ether oxygens (including phenoxy) is 1. The monoisotopic (exact) mass is 447 g/mol. The first-order chi connectivity index (χ1) is 14.9. The van der Waals surface area contributed by atoms with Crippen molar-refractivity contribution in [2.24, 2.45) is 0 Å². The number of carbonyl (C=O) groups excluding carboxylic acids is 2. The predicted octanol–water partition coefficient (Wildman–Crippen LogP) is 2.99. The highest BCUT2D eigenvalue weighted by atomic mass is 35.5. The largest absolute Gasteiger partial charge is 0.394 e. The van der Waals surface area contributed by atoms with Gasteiger partial charge in [0.05, 0.1) is 30.9 Å². The molecule has 1 aliphatic heterocycles. The summed E-state index contributed by atoms with van der Waals surface area (Å²) in [5.74, 6) is -0.776. The van der Waals surface area contributed by atoms with Gasteiger partial charge in [0.1, 0.15) is 11.9 Å². The minimum absolute atomic E-state index is 0.0384. The van der Waals surface area contributed by atoms with Crippen LogP contribution in [0.3, 0.4) is 0 Å². The lowest BCUT2D eigenvalue weighted by Gasteiger charge is -2.31. The van der Waals surface area contributed by atoms with Crippen LogP contribution in [0.5, 0.6) is 0 Å². The average molecular weight is 448 g/mol. The minimum atomic E-state index is -0.745. The molecule has 0 unspecified atom stereocenters. The number of para-hydroxylation sites is 1. The van der Waals surface area contributed by atoms with Crippen LogP contribution in [-0.4, -0.2) is 41.9 Å². The molecular formula is C22H23ClFN3O4. The Morgan fingerprint density at radius 3 is 2.55 bits per heavy atom. The number of aliphatic hydroxyl groups is 1. The first-order valence-electron chi connectivity index (χ1n) is 9.72. The van der Waals surface area contributed by atoms with Gasteiger partial charge in [-0.3, -0.25) is 4.79 Å². The number of urea groups is 1. The second-order valence-corrected chi connectivity index (χ2v) is 7.43. The van der Waals surface area contributed by atoms with Gasteiger partial charge in [-0.1, -0.05) is 48.0 Å². The fraction of sp³-hybridized carbons (Fsp3) is 0.273. The van der Waals surface area contributed by atoms with Crippen molar-refractivity contribution in [3.05, 3.63) is 77.1 Å². The van der Waals surface area contributed by atoms with Gasteiger partial charge in [0.2, 0.25) is 5.91 Å². The standard InChI is InChI=1S/C22H23ClFN3O4/c23-15-7-5-14(6-8-15)12-25-21(29)11-16-9-10-19(20(13-28)31-16)27-22(30)26-18-4-2-1-3-17(18)24/h1-10,16,19-20,28H,11-13H2,(H,25,29)(H2,26,27,30)/t16-,19+,20+/m1/s1. The molecule has 3 rings (SSSR count). The van der Waals surface area contributed by atoms with E-state index in [1.807, 2.05) is 12.1 Å². The fourth-order valence-electron chi connectivity index (χ4n) is 3.07. The van der Waals surface area contributed by atoms with Crippen LogP contribution in [0.15, 0.2) is 60.7 Å². The van der Waals surface area contributed by atoms with Crippen molar-refractivity contribution < 1.29 is 23.8 Å². The molecule has 2 aromatic carbocycles. The maximum absolute atomic E-state index is 13.7. The number of anilines is 1.